The van der Waals surface area contributed by atoms with Gasteiger partial charge in [-0.1, -0.05) is 38.7 Å². The van der Waals surface area contributed by atoms with Crippen LogP contribution in [0.5, 0.6) is 0 Å². The lowest BCUT2D eigenvalue weighted by Crippen LogP contribution is -1.67. The summed E-state index contributed by atoms with van der Waals surface area (Å²) in [5, 5.41) is 0. The Labute approximate surface area is 74.8 Å². The molecule has 1 heterocycles. The van der Waals surface area contributed by atoms with Crippen molar-refractivity contribution in [2.24, 2.45) is 0 Å². The third-order valence-corrected chi connectivity index (χ3v) is 1.38. The van der Waals surface area contributed by atoms with Crippen molar-refractivity contribution < 1.29 is 0 Å². The van der Waals surface area contributed by atoms with Gasteiger partial charge in [-0.15, -0.1) is 0 Å². The fourth-order valence-electron chi connectivity index (χ4n) is 0.889. The first-order valence-electron chi connectivity index (χ1n) is 4.30. The lowest BCUT2D eigenvalue weighted by molar-refractivity contribution is 1.41. The van der Waals surface area contributed by atoms with Gasteiger partial charge in [-0.05, 0) is 18.1 Å². The van der Waals surface area contributed by atoms with Crippen LogP contribution in [0.2, 0.25) is 0 Å². The van der Waals surface area contributed by atoms with E-state index >= 15 is 0 Å². The summed E-state index contributed by atoms with van der Waals surface area (Å²) in [5.41, 5.74) is 2.34. The van der Waals surface area contributed by atoms with Gasteiger partial charge in [0.2, 0.25) is 0 Å². The number of hydrogen-bond donors (Lipinski definition) is 1. The number of hydrogen-bond acceptors (Lipinski definition) is 0. The molecule has 1 aromatic heterocycles. The van der Waals surface area contributed by atoms with Gasteiger partial charge < -0.3 is 4.98 Å². The van der Waals surface area contributed by atoms with Crippen LogP contribution >= 0.6 is 0 Å². The molecule has 0 amide bonds. The minimum atomic E-state index is 1.15. The predicted octanol–water partition coefficient (Wildman–Crippen LogP) is 3.72. The Bertz CT molecular complexity index is 243. The molecule has 0 spiro atoms. The van der Waals surface area contributed by atoms with Crippen LogP contribution in [0.1, 0.15) is 31.9 Å². The van der Waals surface area contributed by atoms with Crippen LogP contribution < -0.4 is 0 Å². The monoisotopic (exact) mass is 163 g/mol. The van der Waals surface area contributed by atoms with Gasteiger partial charge in [0.15, 0.2) is 0 Å². The second kappa shape index (κ2) is 6.47. The molecule has 66 valence electrons. The zero-order valence-corrected chi connectivity index (χ0v) is 8.09. The molecule has 0 saturated carbocycles. The van der Waals surface area contributed by atoms with E-state index in [1.165, 1.54) is 5.56 Å². The molecule has 0 atom stereocenters. The van der Waals surface area contributed by atoms with Gasteiger partial charge >= 0.3 is 0 Å². The first kappa shape index (κ1) is 10.8. The Morgan fingerprint density at radius 1 is 1.25 bits per heavy atom. The van der Waals surface area contributed by atoms with Crippen LogP contribution in [0.25, 0.3) is 12.2 Å². The Balaban J connectivity index is 0.000000561. The zero-order chi connectivity index (χ0) is 9.40. The summed E-state index contributed by atoms with van der Waals surface area (Å²) < 4.78 is 0. The number of aromatic nitrogens is 1. The van der Waals surface area contributed by atoms with Gasteiger partial charge in [-0.25, -0.2) is 0 Å². The van der Waals surface area contributed by atoms with E-state index < -0.39 is 0 Å². The molecular weight excluding hydrogens is 146 g/mol. The maximum absolute atomic E-state index is 3.69. The standard InChI is InChI=1S/C9H11N.C2H6/c1-3-5-9-7-10-6-8(9)4-2;1-2/h3-7,10H,2H2,1H3;1-2H3/b5-3-;. The summed E-state index contributed by atoms with van der Waals surface area (Å²) >= 11 is 0. The van der Waals surface area contributed by atoms with Gasteiger partial charge in [-0.2, -0.15) is 0 Å². The molecule has 1 rings (SSSR count). The molecule has 1 heteroatoms. The van der Waals surface area contributed by atoms with Crippen molar-refractivity contribution in [1.29, 1.82) is 0 Å². The van der Waals surface area contributed by atoms with E-state index in [4.69, 9.17) is 0 Å². The van der Waals surface area contributed by atoms with E-state index in [9.17, 15) is 0 Å². The Hall–Kier alpha value is -1.24. The summed E-state index contributed by atoms with van der Waals surface area (Å²) in [4.78, 5) is 3.01. The maximum Gasteiger partial charge on any atom is 0.00842 e. The summed E-state index contributed by atoms with van der Waals surface area (Å²) in [6, 6.07) is 0. The molecule has 0 aliphatic heterocycles. The lowest BCUT2D eigenvalue weighted by atomic mass is 10.2. The van der Waals surface area contributed by atoms with Crippen molar-refractivity contribution in [3.05, 3.63) is 36.2 Å². The van der Waals surface area contributed by atoms with E-state index in [0.717, 1.165) is 5.56 Å². The molecule has 0 bridgehead atoms. The van der Waals surface area contributed by atoms with Crippen molar-refractivity contribution >= 4 is 12.2 Å². The maximum atomic E-state index is 3.69. The second-order valence-corrected chi connectivity index (χ2v) is 2.07. The largest absolute Gasteiger partial charge is 0.366 e. The van der Waals surface area contributed by atoms with Crippen molar-refractivity contribution in [1.82, 2.24) is 4.98 Å². The van der Waals surface area contributed by atoms with Gasteiger partial charge in [0.1, 0.15) is 0 Å². The molecule has 0 radical (unpaired) electrons. The normalized spacial score (nSPS) is 9.25. The van der Waals surface area contributed by atoms with Crippen molar-refractivity contribution in [3.8, 4) is 0 Å². The van der Waals surface area contributed by atoms with E-state index in [-0.39, 0.29) is 0 Å². The van der Waals surface area contributed by atoms with Crippen LogP contribution in [-0.2, 0) is 0 Å². The Kier molecular flexibility index (Phi) is 5.80. The topological polar surface area (TPSA) is 15.8 Å². The highest BCUT2D eigenvalue weighted by Gasteiger charge is 1.92. The second-order valence-electron chi connectivity index (χ2n) is 2.07. The lowest BCUT2D eigenvalue weighted by Gasteiger charge is -1.86. The third-order valence-electron chi connectivity index (χ3n) is 1.38. The molecule has 12 heavy (non-hydrogen) atoms. The van der Waals surface area contributed by atoms with Gasteiger partial charge in [0.25, 0.3) is 0 Å². The van der Waals surface area contributed by atoms with Crippen molar-refractivity contribution in [3.63, 3.8) is 0 Å². The van der Waals surface area contributed by atoms with Gasteiger partial charge in [0.05, 0.1) is 0 Å². The quantitative estimate of drug-likeness (QED) is 0.684. The first-order chi connectivity index (χ1) is 5.88. The zero-order valence-electron chi connectivity index (χ0n) is 8.09. The number of nitrogens with one attached hydrogen (secondary N) is 1. The van der Waals surface area contributed by atoms with E-state index in [0.29, 0.717) is 0 Å². The van der Waals surface area contributed by atoms with Crippen LogP contribution in [0, 0.1) is 0 Å². The van der Waals surface area contributed by atoms with E-state index in [1.807, 2.05) is 51.4 Å². The third kappa shape index (κ3) is 2.79. The van der Waals surface area contributed by atoms with Crippen LogP contribution in [-0.4, -0.2) is 4.98 Å². The molecule has 0 aliphatic carbocycles. The first-order valence-corrected chi connectivity index (χ1v) is 4.30. The molecule has 1 nitrogen and oxygen atoms in total. The minimum Gasteiger partial charge on any atom is -0.366 e. The molecule has 1 N–H and O–H groups in total. The average Bonchev–Trinajstić information content (AvgIpc) is 2.56. The number of aromatic amines is 1. The summed E-state index contributed by atoms with van der Waals surface area (Å²) in [6.45, 7) is 9.69. The fraction of sp³-hybridized carbons (Fsp3) is 0.273. The van der Waals surface area contributed by atoms with E-state index in [1.54, 1.807) is 0 Å². The van der Waals surface area contributed by atoms with Crippen molar-refractivity contribution in [2.45, 2.75) is 20.8 Å². The van der Waals surface area contributed by atoms with Gasteiger partial charge in [0, 0.05) is 12.4 Å². The SMILES string of the molecule is C=Cc1c[nH]cc1/C=C\C.CC. The number of H-pyrrole nitrogens is 1. The molecule has 0 aliphatic rings. The van der Waals surface area contributed by atoms with Crippen LogP contribution in [0.3, 0.4) is 0 Å². The van der Waals surface area contributed by atoms with Crippen LogP contribution in [0.4, 0.5) is 0 Å². The number of allylic oxidation sites excluding steroid dienone is 1. The summed E-state index contributed by atoms with van der Waals surface area (Å²) in [7, 11) is 0. The van der Waals surface area contributed by atoms with E-state index in [2.05, 4.69) is 11.6 Å². The minimum absolute atomic E-state index is 1.15. The molecule has 1 aromatic rings. The average molecular weight is 163 g/mol. The Morgan fingerprint density at radius 3 is 2.33 bits per heavy atom. The van der Waals surface area contributed by atoms with Crippen molar-refractivity contribution in [2.75, 3.05) is 0 Å². The Morgan fingerprint density at radius 2 is 1.83 bits per heavy atom. The highest BCUT2D eigenvalue weighted by molar-refractivity contribution is 5.63. The highest BCUT2D eigenvalue weighted by Crippen LogP contribution is 2.10. The van der Waals surface area contributed by atoms with Crippen LogP contribution in [0.15, 0.2) is 25.0 Å². The molecule has 0 fully saturated rings. The fourth-order valence-corrected chi connectivity index (χ4v) is 0.889. The predicted molar refractivity (Wildman–Crippen MR) is 56.9 cm³/mol. The number of rotatable bonds is 2. The van der Waals surface area contributed by atoms with Gasteiger partial charge in [-0.3, -0.25) is 0 Å². The molecular formula is C11H17N. The summed E-state index contributed by atoms with van der Waals surface area (Å²) in [6.07, 6.45) is 9.79. The summed E-state index contributed by atoms with van der Waals surface area (Å²) in [5.74, 6) is 0. The highest BCUT2D eigenvalue weighted by atomic mass is 14.6. The molecule has 0 aromatic carbocycles. The molecule has 0 saturated heterocycles. The smallest absolute Gasteiger partial charge is 0.00842 e. The molecule has 0 unspecified atom stereocenters.